The lowest BCUT2D eigenvalue weighted by atomic mass is 9.95. The molecule has 84 valence electrons. The number of rotatable bonds is 1. The predicted molar refractivity (Wildman–Crippen MR) is 71.4 cm³/mol. The topological polar surface area (TPSA) is 17.1 Å². The third-order valence-electron chi connectivity index (χ3n) is 3.28. The predicted octanol–water partition coefficient (Wildman–Crippen LogP) is 3.97. The molecular weight excluding hydrogens is 276 g/mol. The zero-order valence-electron chi connectivity index (χ0n) is 9.19. The van der Waals surface area contributed by atoms with Gasteiger partial charge in [0.05, 0.1) is 5.92 Å². The summed E-state index contributed by atoms with van der Waals surface area (Å²) in [6.45, 7) is 0. The fraction of sp³-hybridized carbons (Fsp3) is 0.133. The van der Waals surface area contributed by atoms with Gasteiger partial charge in [-0.3, -0.25) is 4.79 Å². The number of hydrogen-bond donors (Lipinski definition) is 0. The SMILES string of the molecule is O=C1c2cc(Br)ccc2CC1c1ccccc1. The first kappa shape index (κ1) is 10.7. The molecule has 1 aliphatic rings. The van der Waals surface area contributed by atoms with Crippen LogP contribution >= 0.6 is 15.9 Å². The lowest BCUT2D eigenvalue weighted by Crippen LogP contribution is -2.06. The van der Waals surface area contributed by atoms with Crippen LogP contribution in [-0.4, -0.2) is 5.78 Å². The standard InChI is InChI=1S/C15H11BrO/c16-12-7-6-11-8-13(15(17)14(11)9-12)10-4-2-1-3-5-10/h1-7,9,13H,8H2. The lowest BCUT2D eigenvalue weighted by Gasteiger charge is -2.07. The molecule has 0 amide bonds. The van der Waals surface area contributed by atoms with Crippen LogP contribution in [0.4, 0.5) is 0 Å². The maximum absolute atomic E-state index is 12.3. The first-order valence-corrected chi connectivity index (χ1v) is 6.42. The number of benzene rings is 2. The highest BCUT2D eigenvalue weighted by atomic mass is 79.9. The number of hydrogen-bond acceptors (Lipinski definition) is 1. The summed E-state index contributed by atoms with van der Waals surface area (Å²) in [5, 5.41) is 0. The van der Waals surface area contributed by atoms with Crippen molar-refractivity contribution >= 4 is 21.7 Å². The molecule has 1 unspecified atom stereocenters. The van der Waals surface area contributed by atoms with Crippen LogP contribution in [0.25, 0.3) is 0 Å². The van der Waals surface area contributed by atoms with E-state index in [0.717, 1.165) is 27.6 Å². The normalized spacial score (nSPS) is 18.2. The first-order chi connectivity index (χ1) is 8.25. The van der Waals surface area contributed by atoms with Gasteiger partial charge in [-0.15, -0.1) is 0 Å². The van der Waals surface area contributed by atoms with Crippen molar-refractivity contribution < 1.29 is 4.79 Å². The highest BCUT2D eigenvalue weighted by Crippen LogP contribution is 2.35. The average molecular weight is 287 g/mol. The Kier molecular flexibility index (Phi) is 2.60. The second-order valence-corrected chi connectivity index (χ2v) is 5.25. The van der Waals surface area contributed by atoms with Crippen molar-refractivity contribution in [3.05, 3.63) is 69.7 Å². The molecule has 0 aromatic heterocycles. The van der Waals surface area contributed by atoms with Crippen molar-refractivity contribution in [2.24, 2.45) is 0 Å². The summed E-state index contributed by atoms with van der Waals surface area (Å²) < 4.78 is 0.971. The van der Waals surface area contributed by atoms with Crippen LogP contribution in [0.2, 0.25) is 0 Å². The summed E-state index contributed by atoms with van der Waals surface area (Å²) >= 11 is 3.42. The van der Waals surface area contributed by atoms with Crippen LogP contribution in [0.1, 0.15) is 27.4 Å². The van der Waals surface area contributed by atoms with Gasteiger partial charge in [-0.2, -0.15) is 0 Å². The van der Waals surface area contributed by atoms with Crippen LogP contribution in [0.5, 0.6) is 0 Å². The maximum atomic E-state index is 12.3. The van der Waals surface area contributed by atoms with E-state index in [9.17, 15) is 4.79 Å². The molecule has 3 rings (SSSR count). The van der Waals surface area contributed by atoms with E-state index in [4.69, 9.17) is 0 Å². The molecule has 0 N–H and O–H groups in total. The minimum atomic E-state index is 0.000463. The largest absolute Gasteiger partial charge is 0.293 e. The molecule has 0 fully saturated rings. The van der Waals surface area contributed by atoms with Gasteiger partial charge in [0.2, 0.25) is 0 Å². The molecule has 2 heteroatoms. The van der Waals surface area contributed by atoms with Crippen LogP contribution < -0.4 is 0 Å². The van der Waals surface area contributed by atoms with E-state index in [1.807, 2.05) is 48.5 Å². The minimum Gasteiger partial charge on any atom is -0.293 e. The Hall–Kier alpha value is -1.41. The van der Waals surface area contributed by atoms with Gasteiger partial charge in [0.15, 0.2) is 5.78 Å². The van der Waals surface area contributed by atoms with Gasteiger partial charge in [-0.25, -0.2) is 0 Å². The van der Waals surface area contributed by atoms with Crippen LogP contribution in [0.15, 0.2) is 53.0 Å². The summed E-state index contributed by atoms with van der Waals surface area (Å²) in [4.78, 5) is 12.3. The van der Waals surface area contributed by atoms with Crippen molar-refractivity contribution in [1.29, 1.82) is 0 Å². The number of carbonyl (C=O) groups is 1. The summed E-state index contributed by atoms with van der Waals surface area (Å²) in [5.41, 5.74) is 3.14. The monoisotopic (exact) mass is 286 g/mol. The highest BCUT2D eigenvalue weighted by molar-refractivity contribution is 9.10. The molecule has 0 saturated carbocycles. The highest BCUT2D eigenvalue weighted by Gasteiger charge is 2.31. The second-order valence-electron chi connectivity index (χ2n) is 4.33. The van der Waals surface area contributed by atoms with E-state index in [2.05, 4.69) is 15.9 Å². The second kappa shape index (κ2) is 4.11. The van der Waals surface area contributed by atoms with Gasteiger partial charge in [0.25, 0.3) is 0 Å². The average Bonchev–Trinajstić information content (AvgIpc) is 2.68. The zero-order valence-corrected chi connectivity index (χ0v) is 10.8. The number of carbonyl (C=O) groups excluding carboxylic acids is 1. The molecular formula is C15H11BrO. The van der Waals surface area contributed by atoms with Gasteiger partial charge in [0, 0.05) is 10.0 Å². The summed E-state index contributed by atoms with van der Waals surface area (Å²) in [7, 11) is 0. The molecule has 0 spiro atoms. The Morgan fingerprint density at radius 3 is 2.59 bits per heavy atom. The third kappa shape index (κ3) is 1.83. The quantitative estimate of drug-likeness (QED) is 0.775. The van der Waals surface area contributed by atoms with Crippen LogP contribution in [0, 0.1) is 0 Å². The molecule has 1 atom stereocenters. The maximum Gasteiger partial charge on any atom is 0.170 e. The summed E-state index contributed by atoms with van der Waals surface area (Å²) in [6.07, 6.45) is 0.825. The molecule has 0 heterocycles. The van der Waals surface area contributed by atoms with Gasteiger partial charge in [-0.1, -0.05) is 52.3 Å². The fourth-order valence-corrected chi connectivity index (χ4v) is 2.77. The van der Waals surface area contributed by atoms with Gasteiger partial charge >= 0.3 is 0 Å². The fourth-order valence-electron chi connectivity index (χ4n) is 2.41. The molecule has 0 aliphatic heterocycles. The van der Waals surface area contributed by atoms with E-state index >= 15 is 0 Å². The van der Waals surface area contributed by atoms with Crippen LogP contribution in [-0.2, 0) is 6.42 Å². The molecule has 1 nitrogen and oxygen atoms in total. The van der Waals surface area contributed by atoms with Crippen molar-refractivity contribution in [3.63, 3.8) is 0 Å². The molecule has 2 aromatic carbocycles. The molecule has 0 saturated heterocycles. The van der Waals surface area contributed by atoms with Gasteiger partial charge in [0.1, 0.15) is 0 Å². The Balaban J connectivity index is 2.02. The number of halogens is 1. The molecule has 0 radical (unpaired) electrons. The molecule has 0 bridgehead atoms. The van der Waals surface area contributed by atoms with Crippen LogP contribution in [0.3, 0.4) is 0 Å². The van der Waals surface area contributed by atoms with Crippen molar-refractivity contribution in [1.82, 2.24) is 0 Å². The number of fused-ring (bicyclic) bond motifs is 1. The van der Waals surface area contributed by atoms with Crippen molar-refractivity contribution in [3.8, 4) is 0 Å². The minimum absolute atomic E-state index is 0.000463. The van der Waals surface area contributed by atoms with E-state index in [0.29, 0.717) is 0 Å². The van der Waals surface area contributed by atoms with Crippen molar-refractivity contribution in [2.45, 2.75) is 12.3 Å². The Bertz CT molecular complexity index is 575. The molecule has 1 aliphatic carbocycles. The summed E-state index contributed by atoms with van der Waals surface area (Å²) in [6, 6.07) is 16.0. The summed E-state index contributed by atoms with van der Waals surface area (Å²) in [5.74, 6) is 0.244. The Labute approximate surface area is 109 Å². The smallest absolute Gasteiger partial charge is 0.170 e. The first-order valence-electron chi connectivity index (χ1n) is 5.63. The van der Waals surface area contributed by atoms with E-state index in [1.165, 1.54) is 0 Å². The van der Waals surface area contributed by atoms with E-state index < -0.39 is 0 Å². The zero-order chi connectivity index (χ0) is 11.8. The Morgan fingerprint density at radius 1 is 1.06 bits per heavy atom. The van der Waals surface area contributed by atoms with E-state index in [1.54, 1.807) is 0 Å². The van der Waals surface area contributed by atoms with Crippen molar-refractivity contribution in [2.75, 3.05) is 0 Å². The number of Topliss-reactive ketones (excluding diaryl/α,β-unsaturated/α-hetero) is 1. The Morgan fingerprint density at radius 2 is 1.82 bits per heavy atom. The lowest BCUT2D eigenvalue weighted by molar-refractivity contribution is 0.0973. The number of ketones is 1. The van der Waals surface area contributed by atoms with E-state index in [-0.39, 0.29) is 11.7 Å². The van der Waals surface area contributed by atoms with Gasteiger partial charge < -0.3 is 0 Å². The third-order valence-corrected chi connectivity index (χ3v) is 3.77. The molecule has 2 aromatic rings. The molecule has 17 heavy (non-hydrogen) atoms. The van der Waals surface area contributed by atoms with Gasteiger partial charge in [-0.05, 0) is 29.7 Å².